The van der Waals surface area contributed by atoms with Gasteiger partial charge in [-0.3, -0.25) is 14.5 Å². The molecule has 13 heteroatoms. The van der Waals surface area contributed by atoms with Gasteiger partial charge in [0.25, 0.3) is 11.5 Å². The number of fused-ring (bicyclic) bond motifs is 5. The van der Waals surface area contributed by atoms with Crippen molar-refractivity contribution in [2.45, 2.75) is 19.1 Å². The van der Waals surface area contributed by atoms with Crippen LogP contribution in [0.5, 0.6) is 5.75 Å². The maximum atomic E-state index is 13.5. The van der Waals surface area contributed by atoms with Crippen LogP contribution in [0.1, 0.15) is 6.42 Å². The number of carbonyl (C=O) groups is 1. The molecule has 42 heavy (non-hydrogen) atoms. The lowest BCUT2D eigenvalue weighted by Gasteiger charge is -2.34. The monoisotopic (exact) mass is 569 g/mol. The first-order chi connectivity index (χ1) is 20.4. The molecule has 3 aliphatic heterocycles. The molecule has 4 aromatic rings. The summed E-state index contributed by atoms with van der Waals surface area (Å²) in [5.41, 5.74) is 2.08. The predicted molar refractivity (Wildman–Crippen MR) is 158 cm³/mol. The van der Waals surface area contributed by atoms with Crippen molar-refractivity contribution in [1.82, 2.24) is 29.2 Å². The molecule has 1 saturated heterocycles. The summed E-state index contributed by atoms with van der Waals surface area (Å²) in [5.74, 6) is 1.14. The molecule has 2 bridgehead atoms. The quantitative estimate of drug-likeness (QED) is 0.350. The number of hydrogen-bond donors (Lipinski definition) is 2. The number of allylic oxidation sites excluding steroid dienone is 1. The van der Waals surface area contributed by atoms with Gasteiger partial charge in [0.15, 0.2) is 29.6 Å². The summed E-state index contributed by atoms with van der Waals surface area (Å²) in [6.07, 6.45) is 4.65. The van der Waals surface area contributed by atoms with Crippen LogP contribution >= 0.6 is 0 Å². The van der Waals surface area contributed by atoms with E-state index in [-0.39, 0.29) is 31.2 Å². The van der Waals surface area contributed by atoms with Gasteiger partial charge in [-0.2, -0.15) is 4.98 Å². The van der Waals surface area contributed by atoms with E-state index in [2.05, 4.69) is 39.3 Å². The number of aliphatic hydroxyl groups excluding tert-OH is 1. The van der Waals surface area contributed by atoms with Crippen molar-refractivity contribution >= 4 is 40.1 Å². The van der Waals surface area contributed by atoms with Crippen molar-refractivity contribution in [3.8, 4) is 11.6 Å². The lowest BCUT2D eigenvalue weighted by Crippen LogP contribution is -2.44. The maximum absolute atomic E-state index is 13.5. The van der Waals surface area contributed by atoms with Crippen molar-refractivity contribution in [2.24, 2.45) is 0 Å². The van der Waals surface area contributed by atoms with Gasteiger partial charge in [0.1, 0.15) is 5.39 Å². The third kappa shape index (κ3) is 4.76. The minimum atomic E-state index is -0.793. The number of benzene rings is 1. The molecule has 0 saturated carbocycles. The van der Waals surface area contributed by atoms with Gasteiger partial charge < -0.3 is 25.0 Å². The second-order valence-electron chi connectivity index (χ2n) is 10.7. The summed E-state index contributed by atoms with van der Waals surface area (Å²) in [6, 6.07) is 11.6. The third-order valence-electron chi connectivity index (χ3n) is 7.86. The van der Waals surface area contributed by atoms with E-state index in [0.29, 0.717) is 40.8 Å². The Balaban J connectivity index is 1.27. The van der Waals surface area contributed by atoms with E-state index >= 15 is 0 Å². The number of piperazine rings is 1. The molecule has 0 spiro atoms. The van der Waals surface area contributed by atoms with Crippen LogP contribution in [0.2, 0.25) is 0 Å². The number of nitrogens with one attached hydrogen (secondary N) is 1. The second-order valence-corrected chi connectivity index (χ2v) is 10.7. The highest BCUT2D eigenvalue weighted by Gasteiger charge is 2.30. The number of rotatable bonds is 3. The average Bonchev–Trinajstić information content (AvgIpc) is 3.27. The fourth-order valence-corrected chi connectivity index (χ4v) is 5.52. The molecule has 2 N–H and O–H groups in total. The first kappa shape index (κ1) is 26.2. The summed E-state index contributed by atoms with van der Waals surface area (Å²) >= 11 is 0. The Morgan fingerprint density at radius 3 is 2.62 bits per heavy atom. The zero-order chi connectivity index (χ0) is 28.8. The molecule has 1 fully saturated rings. The van der Waals surface area contributed by atoms with E-state index < -0.39 is 6.10 Å². The van der Waals surface area contributed by atoms with Gasteiger partial charge in [0.2, 0.25) is 5.95 Å². The Kier molecular flexibility index (Phi) is 6.59. The SMILES string of the molecule is CN1CCN(c2ccc(Nc3ncc4c(=O)n5n(c4n3)-c3ccc4c(n3)N(CC(O)C/C=C\C5)C(=O)CO4)cc2)CC1. The highest BCUT2D eigenvalue weighted by atomic mass is 16.5. The predicted octanol–water partition coefficient (Wildman–Crippen LogP) is 1.52. The van der Waals surface area contributed by atoms with E-state index in [4.69, 9.17) is 14.7 Å². The third-order valence-corrected chi connectivity index (χ3v) is 7.86. The number of nitrogens with zero attached hydrogens (tertiary/aromatic N) is 8. The Morgan fingerprint density at radius 2 is 1.81 bits per heavy atom. The first-order valence-electron chi connectivity index (χ1n) is 14.0. The van der Waals surface area contributed by atoms with Crippen LogP contribution in [0.3, 0.4) is 0 Å². The zero-order valence-corrected chi connectivity index (χ0v) is 23.2. The molecule has 0 radical (unpaired) electrons. The molecular weight excluding hydrogens is 538 g/mol. The fraction of sp³-hybridized carbons (Fsp3) is 0.345. The van der Waals surface area contributed by atoms with Gasteiger partial charge in [0, 0.05) is 43.8 Å². The Bertz CT molecular complexity index is 1740. The topological polar surface area (TPSA) is 134 Å². The van der Waals surface area contributed by atoms with Crippen LogP contribution < -0.4 is 25.4 Å². The highest BCUT2D eigenvalue weighted by molar-refractivity contribution is 5.97. The molecule has 216 valence electrons. The molecule has 6 heterocycles. The largest absolute Gasteiger partial charge is 0.480 e. The smallest absolute Gasteiger partial charge is 0.278 e. The summed E-state index contributed by atoms with van der Waals surface area (Å²) in [6.45, 7) is 4.23. The Morgan fingerprint density at radius 1 is 1.00 bits per heavy atom. The van der Waals surface area contributed by atoms with Gasteiger partial charge >= 0.3 is 0 Å². The molecular formula is C29H31N9O4. The van der Waals surface area contributed by atoms with Crippen LogP contribution in [-0.4, -0.2) is 92.7 Å². The van der Waals surface area contributed by atoms with Gasteiger partial charge in [-0.05, 0) is 49.9 Å². The molecule has 1 amide bonds. The van der Waals surface area contributed by atoms with Crippen LogP contribution in [-0.2, 0) is 11.3 Å². The highest BCUT2D eigenvalue weighted by Crippen LogP contribution is 2.32. The van der Waals surface area contributed by atoms with E-state index in [9.17, 15) is 14.7 Å². The molecule has 7 rings (SSSR count). The maximum Gasteiger partial charge on any atom is 0.278 e. The number of pyridine rings is 1. The van der Waals surface area contributed by atoms with Crippen LogP contribution in [0.4, 0.5) is 23.1 Å². The van der Waals surface area contributed by atoms with Crippen molar-refractivity contribution in [2.75, 3.05) is 61.5 Å². The van der Waals surface area contributed by atoms with Gasteiger partial charge in [0.05, 0.1) is 19.2 Å². The molecule has 3 aromatic heterocycles. The van der Waals surface area contributed by atoms with Gasteiger partial charge in [-0.1, -0.05) is 12.2 Å². The Hall–Kier alpha value is -4.75. The van der Waals surface area contributed by atoms with Crippen LogP contribution in [0.15, 0.2) is 59.5 Å². The van der Waals surface area contributed by atoms with E-state index in [0.717, 1.165) is 31.9 Å². The fourth-order valence-electron chi connectivity index (χ4n) is 5.52. The molecule has 1 unspecified atom stereocenters. The number of carbonyl (C=O) groups excluding carboxylic acids is 1. The van der Waals surface area contributed by atoms with Crippen molar-refractivity contribution in [3.63, 3.8) is 0 Å². The molecule has 0 aliphatic carbocycles. The summed E-state index contributed by atoms with van der Waals surface area (Å²) in [7, 11) is 2.14. The van der Waals surface area contributed by atoms with E-state index in [1.54, 1.807) is 22.9 Å². The van der Waals surface area contributed by atoms with Crippen LogP contribution in [0.25, 0.3) is 16.9 Å². The van der Waals surface area contributed by atoms with Gasteiger partial charge in [-0.15, -0.1) is 0 Å². The van der Waals surface area contributed by atoms with Gasteiger partial charge in [-0.25, -0.2) is 19.3 Å². The number of hydrogen-bond acceptors (Lipinski definition) is 10. The summed E-state index contributed by atoms with van der Waals surface area (Å²) in [4.78, 5) is 46.3. The average molecular weight is 570 g/mol. The van der Waals surface area contributed by atoms with Crippen LogP contribution in [0, 0.1) is 0 Å². The zero-order valence-electron chi connectivity index (χ0n) is 23.2. The van der Waals surface area contributed by atoms with Crippen molar-refractivity contribution < 1.29 is 14.6 Å². The second kappa shape index (κ2) is 10.6. The number of aliphatic hydroxyl groups is 1. The Labute approximate surface area is 241 Å². The number of ether oxygens (including phenoxy) is 1. The molecule has 1 aromatic carbocycles. The molecule has 1 atom stereocenters. The lowest BCUT2D eigenvalue weighted by atomic mass is 10.2. The number of anilines is 4. The molecule has 3 aliphatic rings. The molecule has 13 nitrogen and oxygen atoms in total. The summed E-state index contributed by atoms with van der Waals surface area (Å²) in [5, 5.41) is 14.1. The summed E-state index contributed by atoms with van der Waals surface area (Å²) < 4.78 is 8.76. The number of amides is 1. The normalized spacial score (nSPS) is 20.0. The minimum Gasteiger partial charge on any atom is -0.480 e. The van der Waals surface area contributed by atoms with Crippen molar-refractivity contribution in [3.05, 3.63) is 65.1 Å². The van der Waals surface area contributed by atoms with Crippen molar-refractivity contribution in [1.29, 1.82) is 0 Å². The number of aromatic nitrogens is 5. The first-order valence-corrected chi connectivity index (χ1v) is 14.0. The van der Waals surface area contributed by atoms with E-state index in [1.807, 2.05) is 18.2 Å². The standard InChI is InChI=1S/C29H31N9O4/c1-34-12-14-35(15-13-34)20-7-5-19(6-8-20)31-29-30-16-22-26(33-29)38-24-10-9-23-27(32-24)36(25(40)18-42-23)17-21(39)4-2-3-11-37(38)28(22)41/h2-3,5-10,16,21,39H,4,11-15,17-18H2,1H3,(H,30,31,33)/b3-2-. The lowest BCUT2D eigenvalue weighted by molar-refractivity contribution is -0.121. The van der Waals surface area contributed by atoms with E-state index in [1.165, 1.54) is 21.5 Å². The number of likely N-dealkylation sites (N-methyl/N-ethyl adjacent to an activating group) is 1. The minimum absolute atomic E-state index is 0.0824.